The Kier molecular flexibility index (Phi) is 6.71. The zero-order valence-corrected chi connectivity index (χ0v) is 13.8. The van der Waals surface area contributed by atoms with Crippen molar-refractivity contribution in [3.8, 4) is 0 Å². The highest BCUT2D eigenvalue weighted by Gasteiger charge is 2.13. The number of aliphatic hydroxyl groups excluding tert-OH is 1. The van der Waals surface area contributed by atoms with Crippen LogP contribution < -0.4 is 5.32 Å². The number of thioether (sulfide) groups is 1. The van der Waals surface area contributed by atoms with Crippen molar-refractivity contribution in [2.75, 3.05) is 6.54 Å². The van der Waals surface area contributed by atoms with Crippen LogP contribution in [0.25, 0.3) is 0 Å². The third-order valence-corrected chi connectivity index (χ3v) is 4.93. The average Bonchev–Trinajstić information content (AvgIpc) is 2.29. The normalized spacial score (nSPS) is 16.3. The van der Waals surface area contributed by atoms with Crippen LogP contribution in [0.5, 0.6) is 0 Å². The molecule has 18 heavy (non-hydrogen) atoms. The van der Waals surface area contributed by atoms with Crippen LogP contribution in [0.1, 0.15) is 39.3 Å². The maximum absolute atomic E-state index is 9.52. The molecule has 1 rings (SSSR count). The van der Waals surface area contributed by atoms with Crippen LogP contribution in [-0.4, -0.2) is 23.0 Å². The molecule has 0 heterocycles. The maximum Gasteiger partial charge on any atom is 0.0631 e. The second kappa shape index (κ2) is 7.53. The molecule has 0 radical (unpaired) electrons. The van der Waals surface area contributed by atoms with Crippen LogP contribution in [-0.2, 0) is 0 Å². The fourth-order valence-electron chi connectivity index (χ4n) is 1.66. The molecule has 2 N–H and O–H groups in total. The maximum atomic E-state index is 9.52. The van der Waals surface area contributed by atoms with E-state index in [1.807, 2.05) is 13.8 Å². The largest absolute Gasteiger partial charge is 0.392 e. The fourth-order valence-corrected chi connectivity index (χ4v) is 3.49. The molecule has 0 aliphatic rings. The van der Waals surface area contributed by atoms with Crippen LogP contribution in [0.3, 0.4) is 0 Å². The van der Waals surface area contributed by atoms with Gasteiger partial charge in [-0.3, -0.25) is 0 Å². The van der Waals surface area contributed by atoms with Gasteiger partial charge in [0.2, 0.25) is 0 Å². The topological polar surface area (TPSA) is 32.3 Å². The number of hydrogen-bond donors (Lipinski definition) is 2. The van der Waals surface area contributed by atoms with Crippen molar-refractivity contribution in [3.63, 3.8) is 0 Å². The molecule has 0 fully saturated rings. The third-order valence-electron chi connectivity index (χ3n) is 2.95. The summed E-state index contributed by atoms with van der Waals surface area (Å²) in [5, 5.41) is 13.1. The lowest BCUT2D eigenvalue weighted by molar-refractivity contribution is 0.196. The summed E-state index contributed by atoms with van der Waals surface area (Å²) in [7, 11) is 0. The molecule has 1 aromatic rings. The van der Waals surface area contributed by atoms with Crippen molar-refractivity contribution in [2.45, 2.75) is 50.0 Å². The Morgan fingerprint density at radius 1 is 1.33 bits per heavy atom. The van der Waals surface area contributed by atoms with E-state index < -0.39 is 0 Å². The lowest BCUT2D eigenvalue weighted by Gasteiger charge is -2.17. The van der Waals surface area contributed by atoms with E-state index in [4.69, 9.17) is 0 Å². The van der Waals surface area contributed by atoms with Crippen LogP contribution in [0.4, 0.5) is 0 Å². The first-order valence-electron chi connectivity index (χ1n) is 6.33. The van der Waals surface area contributed by atoms with Gasteiger partial charge in [0.1, 0.15) is 0 Å². The second-order valence-electron chi connectivity index (χ2n) is 4.53. The summed E-state index contributed by atoms with van der Waals surface area (Å²) in [6.07, 6.45) is -0.297. The van der Waals surface area contributed by atoms with Gasteiger partial charge in [-0.05, 0) is 38.1 Å². The van der Waals surface area contributed by atoms with Gasteiger partial charge in [0.05, 0.1) is 6.10 Å². The first-order valence-corrected chi connectivity index (χ1v) is 8.00. The number of aliphatic hydroxyl groups is 1. The van der Waals surface area contributed by atoms with E-state index in [1.54, 1.807) is 11.8 Å². The molecule has 0 saturated carbocycles. The Labute approximate surface area is 123 Å². The standard InChI is InChI=1S/C14H22BrNOS/c1-5-16-9(2)13-7-6-12(8-14(13)15)18-11(4)10(3)17/h6-11,16-17H,5H2,1-4H3. The van der Waals surface area contributed by atoms with Crippen molar-refractivity contribution in [3.05, 3.63) is 28.2 Å². The Balaban J connectivity index is 2.79. The molecule has 102 valence electrons. The van der Waals surface area contributed by atoms with Crippen LogP contribution in [0.15, 0.2) is 27.6 Å². The molecule has 0 aliphatic carbocycles. The van der Waals surface area contributed by atoms with Gasteiger partial charge >= 0.3 is 0 Å². The lowest BCUT2D eigenvalue weighted by Crippen LogP contribution is -2.18. The van der Waals surface area contributed by atoms with E-state index in [0.717, 1.165) is 11.0 Å². The van der Waals surface area contributed by atoms with Crippen LogP contribution >= 0.6 is 27.7 Å². The third kappa shape index (κ3) is 4.57. The van der Waals surface area contributed by atoms with Gasteiger partial charge in [0.25, 0.3) is 0 Å². The Bertz CT molecular complexity index is 384. The molecule has 4 heteroatoms. The van der Waals surface area contributed by atoms with E-state index in [2.05, 4.69) is 53.3 Å². The van der Waals surface area contributed by atoms with Crippen molar-refractivity contribution in [1.82, 2.24) is 5.32 Å². The zero-order valence-electron chi connectivity index (χ0n) is 11.4. The number of halogens is 1. The Hall–Kier alpha value is -0.0300. The van der Waals surface area contributed by atoms with E-state index in [9.17, 15) is 5.11 Å². The first-order chi connectivity index (χ1) is 8.45. The SMILES string of the molecule is CCNC(C)c1ccc(SC(C)C(C)O)cc1Br. The minimum Gasteiger partial charge on any atom is -0.392 e. The molecule has 3 unspecified atom stereocenters. The summed E-state index contributed by atoms with van der Waals surface area (Å²) in [6.45, 7) is 9.10. The predicted octanol–water partition coefficient (Wildman–Crippen LogP) is 3.98. The van der Waals surface area contributed by atoms with E-state index in [-0.39, 0.29) is 11.4 Å². The van der Waals surface area contributed by atoms with E-state index in [0.29, 0.717) is 6.04 Å². The minimum atomic E-state index is -0.297. The summed E-state index contributed by atoms with van der Waals surface area (Å²) >= 11 is 5.33. The van der Waals surface area contributed by atoms with Crippen molar-refractivity contribution < 1.29 is 5.11 Å². The Morgan fingerprint density at radius 2 is 2.00 bits per heavy atom. The van der Waals surface area contributed by atoms with Crippen molar-refractivity contribution in [2.24, 2.45) is 0 Å². The van der Waals surface area contributed by atoms with Gasteiger partial charge in [-0.15, -0.1) is 11.8 Å². The molecule has 1 aromatic carbocycles. The summed E-state index contributed by atoms with van der Waals surface area (Å²) in [5.41, 5.74) is 1.27. The van der Waals surface area contributed by atoms with Gasteiger partial charge in [-0.1, -0.05) is 35.8 Å². The predicted molar refractivity (Wildman–Crippen MR) is 83.2 cm³/mol. The second-order valence-corrected chi connectivity index (χ2v) is 6.83. The van der Waals surface area contributed by atoms with Gasteiger partial charge < -0.3 is 10.4 Å². The fraction of sp³-hybridized carbons (Fsp3) is 0.571. The number of benzene rings is 1. The average molecular weight is 332 g/mol. The lowest BCUT2D eigenvalue weighted by atomic mass is 10.1. The molecule has 0 aliphatic heterocycles. The van der Waals surface area contributed by atoms with E-state index >= 15 is 0 Å². The molecular formula is C14H22BrNOS. The summed E-state index contributed by atoms with van der Waals surface area (Å²) in [4.78, 5) is 1.18. The molecule has 2 nitrogen and oxygen atoms in total. The highest BCUT2D eigenvalue weighted by Crippen LogP contribution is 2.31. The summed E-state index contributed by atoms with van der Waals surface area (Å²) < 4.78 is 1.12. The molecule has 0 amide bonds. The van der Waals surface area contributed by atoms with E-state index in [1.165, 1.54) is 10.5 Å². The zero-order chi connectivity index (χ0) is 13.7. The minimum absolute atomic E-state index is 0.203. The van der Waals surface area contributed by atoms with Crippen LogP contribution in [0, 0.1) is 0 Å². The number of nitrogens with one attached hydrogen (secondary N) is 1. The highest BCUT2D eigenvalue weighted by atomic mass is 79.9. The van der Waals surface area contributed by atoms with Gasteiger partial charge in [-0.25, -0.2) is 0 Å². The smallest absolute Gasteiger partial charge is 0.0631 e. The van der Waals surface area contributed by atoms with Gasteiger partial charge in [-0.2, -0.15) is 0 Å². The van der Waals surface area contributed by atoms with Crippen LogP contribution in [0.2, 0.25) is 0 Å². The number of rotatable bonds is 6. The quantitative estimate of drug-likeness (QED) is 0.773. The molecule has 3 atom stereocenters. The molecule has 0 aromatic heterocycles. The van der Waals surface area contributed by atoms with Crippen molar-refractivity contribution in [1.29, 1.82) is 0 Å². The monoisotopic (exact) mass is 331 g/mol. The summed E-state index contributed by atoms with van der Waals surface area (Å²) in [6, 6.07) is 6.75. The summed E-state index contributed by atoms with van der Waals surface area (Å²) in [5.74, 6) is 0. The van der Waals surface area contributed by atoms with Crippen molar-refractivity contribution >= 4 is 27.7 Å². The van der Waals surface area contributed by atoms with Gasteiger partial charge in [0.15, 0.2) is 0 Å². The number of hydrogen-bond acceptors (Lipinski definition) is 3. The Morgan fingerprint density at radius 3 is 2.50 bits per heavy atom. The molecule has 0 saturated heterocycles. The highest BCUT2D eigenvalue weighted by molar-refractivity contribution is 9.10. The molecular weight excluding hydrogens is 310 g/mol. The van der Waals surface area contributed by atoms with Gasteiger partial charge in [0, 0.05) is 20.7 Å². The molecule has 0 bridgehead atoms. The molecule has 0 spiro atoms. The first kappa shape index (κ1) is 16.0.